The average molecular weight is 482 g/mol. The number of halogens is 1. The number of carbonyl (C=O) groups is 1. The molecular formula is C21H31IN4O. The summed E-state index contributed by atoms with van der Waals surface area (Å²) in [6.07, 6.45) is 0.891. The lowest BCUT2D eigenvalue weighted by atomic mass is 10.0. The van der Waals surface area contributed by atoms with Crippen LogP contribution in [0.25, 0.3) is 10.8 Å². The van der Waals surface area contributed by atoms with Gasteiger partial charge in [0, 0.05) is 26.2 Å². The Morgan fingerprint density at radius 1 is 1.11 bits per heavy atom. The predicted octanol–water partition coefficient (Wildman–Crippen LogP) is 3.42. The van der Waals surface area contributed by atoms with Crippen molar-refractivity contribution in [3.05, 3.63) is 48.0 Å². The standard InChI is InChI=1S/C21H30N4O.HI/c1-21(2,3)24-19(26)15-25(5)20(22-4)23-14-13-17-11-8-10-16-9-6-7-12-18(16)17;/h6-12H,13-15H2,1-5H3,(H,22,23)(H,24,26);1H. The van der Waals surface area contributed by atoms with Gasteiger partial charge >= 0.3 is 0 Å². The first kappa shape index (κ1) is 23.2. The second-order valence-corrected chi connectivity index (χ2v) is 7.52. The molecule has 0 radical (unpaired) electrons. The van der Waals surface area contributed by atoms with Gasteiger partial charge in [-0.1, -0.05) is 42.5 Å². The molecule has 0 aromatic heterocycles. The quantitative estimate of drug-likeness (QED) is 0.390. The van der Waals surface area contributed by atoms with Crippen LogP contribution < -0.4 is 10.6 Å². The van der Waals surface area contributed by atoms with Crippen molar-refractivity contribution >= 4 is 46.6 Å². The Morgan fingerprint density at radius 3 is 2.44 bits per heavy atom. The highest BCUT2D eigenvalue weighted by atomic mass is 127. The van der Waals surface area contributed by atoms with Crippen molar-refractivity contribution in [3.8, 4) is 0 Å². The van der Waals surface area contributed by atoms with Gasteiger partial charge in [-0.2, -0.15) is 0 Å². The van der Waals surface area contributed by atoms with E-state index in [-0.39, 0.29) is 42.0 Å². The lowest BCUT2D eigenvalue weighted by molar-refractivity contribution is -0.122. The normalized spacial score (nSPS) is 11.7. The molecule has 0 saturated heterocycles. The van der Waals surface area contributed by atoms with Gasteiger partial charge in [-0.05, 0) is 43.5 Å². The summed E-state index contributed by atoms with van der Waals surface area (Å²) in [6, 6.07) is 14.8. The van der Waals surface area contributed by atoms with Crippen LogP contribution in [0.3, 0.4) is 0 Å². The molecule has 0 atom stereocenters. The van der Waals surface area contributed by atoms with Crippen LogP contribution in [-0.4, -0.2) is 49.5 Å². The number of fused-ring (bicyclic) bond motifs is 1. The lowest BCUT2D eigenvalue weighted by Gasteiger charge is -2.25. The van der Waals surface area contributed by atoms with Gasteiger partial charge in [-0.25, -0.2) is 0 Å². The molecule has 0 aliphatic rings. The number of hydrogen-bond donors (Lipinski definition) is 2. The van der Waals surface area contributed by atoms with Crippen molar-refractivity contribution in [3.63, 3.8) is 0 Å². The largest absolute Gasteiger partial charge is 0.356 e. The highest BCUT2D eigenvalue weighted by Crippen LogP contribution is 2.18. The third-order valence-corrected chi connectivity index (χ3v) is 4.03. The highest BCUT2D eigenvalue weighted by Gasteiger charge is 2.16. The van der Waals surface area contributed by atoms with E-state index in [2.05, 4.69) is 58.1 Å². The SMILES string of the molecule is CN=C(NCCc1cccc2ccccc12)N(C)CC(=O)NC(C)(C)C.I. The smallest absolute Gasteiger partial charge is 0.240 e. The van der Waals surface area contributed by atoms with Crippen molar-refractivity contribution < 1.29 is 4.79 Å². The molecule has 0 spiro atoms. The van der Waals surface area contributed by atoms with Gasteiger partial charge in [0.1, 0.15) is 0 Å². The molecule has 0 aliphatic heterocycles. The highest BCUT2D eigenvalue weighted by molar-refractivity contribution is 14.0. The van der Waals surface area contributed by atoms with Crippen LogP contribution in [0.4, 0.5) is 0 Å². The van der Waals surface area contributed by atoms with E-state index in [4.69, 9.17) is 0 Å². The lowest BCUT2D eigenvalue weighted by Crippen LogP contribution is -2.49. The summed E-state index contributed by atoms with van der Waals surface area (Å²) in [5, 5.41) is 8.85. The Bertz CT molecular complexity index is 778. The molecule has 2 aromatic rings. The van der Waals surface area contributed by atoms with Crippen LogP contribution >= 0.6 is 24.0 Å². The second-order valence-electron chi connectivity index (χ2n) is 7.52. The van der Waals surface area contributed by atoms with Gasteiger partial charge in [0.05, 0.1) is 6.54 Å². The second kappa shape index (κ2) is 10.5. The molecule has 0 bridgehead atoms. The fourth-order valence-corrected chi connectivity index (χ4v) is 2.95. The molecular weight excluding hydrogens is 451 g/mol. The number of likely N-dealkylation sites (N-methyl/N-ethyl adjacent to an activating group) is 1. The van der Waals surface area contributed by atoms with Crippen molar-refractivity contribution in [2.75, 3.05) is 27.2 Å². The van der Waals surface area contributed by atoms with Crippen molar-refractivity contribution in [2.45, 2.75) is 32.7 Å². The zero-order valence-electron chi connectivity index (χ0n) is 16.9. The predicted molar refractivity (Wildman–Crippen MR) is 125 cm³/mol. The number of nitrogens with one attached hydrogen (secondary N) is 2. The monoisotopic (exact) mass is 482 g/mol. The van der Waals surface area contributed by atoms with Gasteiger partial charge in [0.2, 0.25) is 5.91 Å². The first-order valence-corrected chi connectivity index (χ1v) is 8.99. The van der Waals surface area contributed by atoms with E-state index in [9.17, 15) is 4.79 Å². The topological polar surface area (TPSA) is 56.7 Å². The third-order valence-electron chi connectivity index (χ3n) is 4.03. The summed E-state index contributed by atoms with van der Waals surface area (Å²) in [4.78, 5) is 18.2. The molecule has 2 rings (SSSR count). The number of rotatable bonds is 5. The Kier molecular flexibility index (Phi) is 9.02. The third kappa shape index (κ3) is 7.36. The minimum absolute atomic E-state index is 0. The fourth-order valence-electron chi connectivity index (χ4n) is 2.95. The molecule has 27 heavy (non-hydrogen) atoms. The van der Waals surface area contributed by atoms with Crippen LogP contribution in [0.1, 0.15) is 26.3 Å². The number of aliphatic imine (C=N–C) groups is 1. The molecule has 0 heterocycles. The van der Waals surface area contributed by atoms with E-state index in [0.29, 0.717) is 5.96 Å². The molecule has 2 aromatic carbocycles. The minimum atomic E-state index is -0.233. The van der Waals surface area contributed by atoms with Crippen LogP contribution in [0.5, 0.6) is 0 Å². The summed E-state index contributed by atoms with van der Waals surface area (Å²) in [5.41, 5.74) is 1.07. The van der Waals surface area contributed by atoms with Gasteiger partial charge in [0.15, 0.2) is 5.96 Å². The maximum Gasteiger partial charge on any atom is 0.240 e. The van der Waals surface area contributed by atoms with Gasteiger partial charge < -0.3 is 15.5 Å². The van der Waals surface area contributed by atoms with E-state index in [1.807, 2.05) is 32.7 Å². The number of carbonyl (C=O) groups excluding carboxylic acids is 1. The number of nitrogens with zero attached hydrogens (tertiary/aromatic N) is 2. The van der Waals surface area contributed by atoms with E-state index in [1.54, 1.807) is 7.05 Å². The molecule has 0 fully saturated rings. The Balaban J connectivity index is 0.00000364. The summed E-state index contributed by atoms with van der Waals surface area (Å²) in [5.74, 6) is 0.700. The number of amides is 1. The zero-order chi connectivity index (χ0) is 19.2. The summed E-state index contributed by atoms with van der Waals surface area (Å²) in [6.45, 7) is 6.95. The first-order chi connectivity index (χ1) is 12.3. The van der Waals surface area contributed by atoms with Crippen LogP contribution in [0.2, 0.25) is 0 Å². The molecule has 1 amide bonds. The van der Waals surface area contributed by atoms with Gasteiger partial charge in [0.25, 0.3) is 0 Å². The average Bonchev–Trinajstić information content (AvgIpc) is 2.57. The number of guanidine groups is 1. The van der Waals surface area contributed by atoms with Crippen molar-refractivity contribution in [1.82, 2.24) is 15.5 Å². The van der Waals surface area contributed by atoms with Gasteiger partial charge in [-0.15, -0.1) is 24.0 Å². The van der Waals surface area contributed by atoms with Crippen LogP contribution in [0.15, 0.2) is 47.5 Å². The number of benzene rings is 2. The maximum atomic E-state index is 12.1. The Labute approximate surface area is 179 Å². The molecule has 5 nitrogen and oxygen atoms in total. The first-order valence-electron chi connectivity index (χ1n) is 8.99. The van der Waals surface area contributed by atoms with Crippen molar-refractivity contribution in [2.24, 2.45) is 4.99 Å². The maximum absolute atomic E-state index is 12.1. The van der Waals surface area contributed by atoms with E-state index < -0.39 is 0 Å². The molecule has 0 unspecified atom stereocenters. The zero-order valence-corrected chi connectivity index (χ0v) is 19.2. The van der Waals surface area contributed by atoms with Crippen LogP contribution in [-0.2, 0) is 11.2 Å². The molecule has 2 N–H and O–H groups in total. The fraction of sp³-hybridized carbons (Fsp3) is 0.429. The van der Waals surface area contributed by atoms with Crippen molar-refractivity contribution in [1.29, 1.82) is 0 Å². The minimum Gasteiger partial charge on any atom is -0.356 e. The summed E-state index contributed by atoms with van der Waals surface area (Å²) < 4.78 is 0. The molecule has 6 heteroatoms. The summed E-state index contributed by atoms with van der Waals surface area (Å²) in [7, 11) is 3.61. The Hall–Kier alpha value is -1.83. The molecule has 148 valence electrons. The molecule has 0 aliphatic carbocycles. The van der Waals surface area contributed by atoms with Crippen LogP contribution in [0, 0.1) is 0 Å². The van der Waals surface area contributed by atoms with Gasteiger partial charge in [-0.3, -0.25) is 9.79 Å². The van der Waals surface area contributed by atoms with E-state index in [1.165, 1.54) is 16.3 Å². The number of hydrogen-bond acceptors (Lipinski definition) is 2. The Morgan fingerprint density at radius 2 is 1.78 bits per heavy atom. The molecule has 0 saturated carbocycles. The van der Waals surface area contributed by atoms with E-state index in [0.717, 1.165) is 13.0 Å². The van der Waals surface area contributed by atoms with E-state index >= 15 is 0 Å². The summed E-state index contributed by atoms with van der Waals surface area (Å²) >= 11 is 0.